The first-order chi connectivity index (χ1) is 17.1. The van der Waals surface area contributed by atoms with Gasteiger partial charge < -0.3 is 24.8 Å². The van der Waals surface area contributed by atoms with E-state index in [2.05, 4.69) is 29.0 Å². The molecule has 0 spiro atoms. The second-order valence-corrected chi connectivity index (χ2v) is 8.96. The molecule has 1 aromatic heterocycles. The minimum absolute atomic E-state index is 0.0535. The number of fused-ring (bicyclic) bond motifs is 2. The maximum Gasteiger partial charge on any atom is 0.254 e. The number of aromatic amines is 1. The molecule has 2 heterocycles. The number of benzene rings is 2. The number of methoxy groups -OCH3 is 1. The quantitative estimate of drug-likeness (QED) is 0.411. The zero-order valence-electron chi connectivity index (χ0n) is 20.9. The molecular weight excluding hydrogens is 440 g/mol. The largest absolute Gasteiger partial charge is 0.383 e. The summed E-state index contributed by atoms with van der Waals surface area (Å²) < 4.78 is 5.35. The Labute approximate surface area is 207 Å². The van der Waals surface area contributed by atoms with Gasteiger partial charge in [0.25, 0.3) is 5.91 Å². The molecule has 2 aromatic carbocycles. The van der Waals surface area contributed by atoms with Crippen molar-refractivity contribution in [2.24, 2.45) is 0 Å². The van der Waals surface area contributed by atoms with Crippen LogP contribution in [0.3, 0.4) is 0 Å². The minimum Gasteiger partial charge on any atom is -0.383 e. The van der Waals surface area contributed by atoms with Crippen LogP contribution in [0.4, 0.5) is 0 Å². The second kappa shape index (κ2) is 11.5. The third kappa shape index (κ3) is 5.11. The highest BCUT2D eigenvalue weighted by Gasteiger charge is 2.44. The van der Waals surface area contributed by atoms with Crippen LogP contribution in [0.5, 0.6) is 0 Å². The molecule has 2 amide bonds. The molecule has 0 radical (unpaired) electrons. The van der Waals surface area contributed by atoms with Crippen LogP contribution in [-0.4, -0.2) is 73.0 Å². The van der Waals surface area contributed by atoms with Crippen molar-refractivity contribution in [3.05, 3.63) is 71.4 Å². The van der Waals surface area contributed by atoms with Gasteiger partial charge in [0.15, 0.2) is 0 Å². The Morgan fingerprint density at radius 1 is 1.09 bits per heavy atom. The van der Waals surface area contributed by atoms with Gasteiger partial charge >= 0.3 is 0 Å². The Bertz CT molecular complexity index is 1150. The first kappa shape index (κ1) is 24.9. The summed E-state index contributed by atoms with van der Waals surface area (Å²) in [5.41, 5.74) is 3.30. The highest BCUT2D eigenvalue weighted by atomic mass is 16.5. The van der Waals surface area contributed by atoms with Gasteiger partial charge in [-0.2, -0.15) is 0 Å². The third-order valence-electron chi connectivity index (χ3n) is 7.04. The van der Waals surface area contributed by atoms with E-state index in [0.717, 1.165) is 48.1 Å². The average Bonchev–Trinajstić information content (AvgIpc) is 3.32. The van der Waals surface area contributed by atoms with E-state index in [1.54, 1.807) is 7.11 Å². The van der Waals surface area contributed by atoms with Crippen LogP contribution in [0.2, 0.25) is 0 Å². The number of ether oxygens (including phenoxy) is 1. The lowest BCUT2D eigenvalue weighted by Crippen LogP contribution is -2.48. The van der Waals surface area contributed by atoms with Crippen LogP contribution >= 0.6 is 0 Å². The minimum atomic E-state index is -0.520. The number of hydrogen-bond donors (Lipinski definition) is 2. The number of amides is 2. The fourth-order valence-electron chi connectivity index (χ4n) is 5.16. The first-order valence-electron chi connectivity index (χ1n) is 12.6. The third-order valence-corrected chi connectivity index (χ3v) is 7.04. The molecule has 7 heteroatoms. The van der Waals surface area contributed by atoms with E-state index in [1.165, 1.54) is 0 Å². The number of aromatic nitrogens is 1. The van der Waals surface area contributed by atoms with E-state index in [-0.39, 0.29) is 11.8 Å². The Hall–Kier alpha value is -3.16. The average molecular weight is 477 g/mol. The van der Waals surface area contributed by atoms with Gasteiger partial charge in [0.2, 0.25) is 5.91 Å². The smallest absolute Gasteiger partial charge is 0.254 e. The number of para-hydroxylation sites is 1. The van der Waals surface area contributed by atoms with Crippen molar-refractivity contribution >= 4 is 22.7 Å². The Morgan fingerprint density at radius 3 is 2.60 bits per heavy atom. The molecule has 0 saturated heterocycles. The molecule has 0 aliphatic carbocycles. The molecule has 3 aromatic rings. The van der Waals surface area contributed by atoms with E-state index in [4.69, 9.17) is 4.74 Å². The van der Waals surface area contributed by atoms with Gasteiger partial charge in [0, 0.05) is 48.4 Å². The topological polar surface area (TPSA) is 77.7 Å². The Kier molecular flexibility index (Phi) is 8.21. The van der Waals surface area contributed by atoms with Gasteiger partial charge in [0.05, 0.1) is 18.6 Å². The molecule has 35 heavy (non-hydrogen) atoms. The van der Waals surface area contributed by atoms with Crippen molar-refractivity contribution in [2.75, 3.05) is 46.4 Å². The summed E-state index contributed by atoms with van der Waals surface area (Å²) in [4.78, 5) is 35.0. The number of H-pyrrole nitrogens is 1. The molecule has 2 unspecified atom stereocenters. The molecule has 1 aliphatic heterocycles. The number of nitrogens with one attached hydrogen (secondary N) is 2. The lowest BCUT2D eigenvalue weighted by atomic mass is 9.79. The first-order valence-corrected chi connectivity index (χ1v) is 12.6. The zero-order valence-corrected chi connectivity index (χ0v) is 20.9. The Balaban J connectivity index is 1.71. The predicted octanol–water partition coefficient (Wildman–Crippen LogP) is 3.94. The van der Waals surface area contributed by atoms with Gasteiger partial charge in [-0.1, -0.05) is 50.2 Å². The lowest BCUT2D eigenvalue weighted by molar-refractivity contribution is -0.124. The fraction of sp³-hybridized carbons (Fsp3) is 0.429. The predicted molar refractivity (Wildman–Crippen MR) is 139 cm³/mol. The molecule has 0 fully saturated rings. The number of hydrogen-bond acceptors (Lipinski definition) is 4. The molecule has 0 bridgehead atoms. The molecule has 1 aliphatic rings. The number of nitrogens with zero attached hydrogens (tertiary/aromatic N) is 2. The van der Waals surface area contributed by atoms with Crippen LogP contribution in [0, 0.1) is 0 Å². The zero-order chi connectivity index (χ0) is 24.8. The maximum absolute atomic E-state index is 13.8. The fourth-order valence-corrected chi connectivity index (χ4v) is 5.16. The van der Waals surface area contributed by atoms with Crippen LogP contribution < -0.4 is 5.32 Å². The lowest BCUT2D eigenvalue weighted by Gasteiger charge is -2.41. The molecule has 186 valence electrons. The monoisotopic (exact) mass is 476 g/mol. The summed E-state index contributed by atoms with van der Waals surface area (Å²) in [6.45, 7) is 8.64. The number of rotatable bonds is 11. The van der Waals surface area contributed by atoms with Crippen molar-refractivity contribution in [1.29, 1.82) is 0 Å². The highest BCUT2D eigenvalue weighted by Crippen LogP contribution is 2.44. The molecule has 4 rings (SSSR count). The molecular formula is C28H36N4O3. The van der Waals surface area contributed by atoms with E-state index in [0.29, 0.717) is 25.3 Å². The van der Waals surface area contributed by atoms with Crippen LogP contribution in [0.25, 0.3) is 10.9 Å². The summed E-state index contributed by atoms with van der Waals surface area (Å²) in [7, 11) is 1.63. The maximum atomic E-state index is 13.8. The Morgan fingerprint density at radius 2 is 1.83 bits per heavy atom. The van der Waals surface area contributed by atoms with Gasteiger partial charge in [-0.25, -0.2) is 0 Å². The molecule has 7 nitrogen and oxygen atoms in total. The van der Waals surface area contributed by atoms with Crippen molar-refractivity contribution < 1.29 is 14.3 Å². The summed E-state index contributed by atoms with van der Waals surface area (Å²) in [5.74, 6) is -0.644. The standard InChI is InChI=1S/C28H36N4O3/c1-4-31(5-2)16-10-15-29-27(33)25-21-12-6-7-13-22(21)28(34)32(17-18-35-3)26(25)23-19-30-24-14-9-8-11-20(23)24/h6-9,11-14,19,25-26,30H,4-5,10,15-18H2,1-3H3,(H,29,33). The normalized spacial score (nSPS) is 17.7. The van der Waals surface area contributed by atoms with Crippen molar-refractivity contribution in [3.8, 4) is 0 Å². The van der Waals surface area contributed by atoms with Crippen LogP contribution in [0.15, 0.2) is 54.7 Å². The molecule has 0 saturated carbocycles. The van der Waals surface area contributed by atoms with Gasteiger partial charge in [0.1, 0.15) is 0 Å². The summed E-state index contributed by atoms with van der Waals surface area (Å²) in [6, 6.07) is 15.1. The van der Waals surface area contributed by atoms with E-state index >= 15 is 0 Å². The molecule has 2 N–H and O–H groups in total. The SMILES string of the molecule is CCN(CC)CCCNC(=O)C1c2ccccc2C(=O)N(CCOC)C1c1c[nH]c2ccccc12. The van der Waals surface area contributed by atoms with E-state index < -0.39 is 12.0 Å². The van der Waals surface area contributed by atoms with Crippen LogP contribution in [0.1, 0.15) is 53.7 Å². The summed E-state index contributed by atoms with van der Waals surface area (Å²) in [5, 5.41) is 4.20. The second-order valence-electron chi connectivity index (χ2n) is 8.96. The van der Waals surface area contributed by atoms with Crippen molar-refractivity contribution in [1.82, 2.24) is 20.1 Å². The van der Waals surface area contributed by atoms with Gasteiger partial charge in [-0.05, 0) is 43.8 Å². The summed E-state index contributed by atoms with van der Waals surface area (Å²) >= 11 is 0. The number of carbonyl (C=O) groups is 2. The van der Waals surface area contributed by atoms with E-state index in [9.17, 15) is 9.59 Å². The van der Waals surface area contributed by atoms with Gasteiger partial charge in [-0.15, -0.1) is 0 Å². The highest BCUT2D eigenvalue weighted by molar-refractivity contribution is 6.02. The summed E-state index contributed by atoms with van der Waals surface area (Å²) in [6.07, 6.45) is 2.82. The number of carbonyl (C=O) groups excluding carboxylic acids is 2. The van der Waals surface area contributed by atoms with Crippen molar-refractivity contribution in [2.45, 2.75) is 32.2 Å². The molecule has 2 atom stereocenters. The van der Waals surface area contributed by atoms with Crippen LogP contribution in [-0.2, 0) is 9.53 Å². The van der Waals surface area contributed by atoms with E-state index in [1.807, 2.05) is 59.6 Å². The van der Waals surface area contributed by atoms with Crippen molar-refractivity contribution in [3.63, 3.8) is 0 Å². The van der Waals surface area contributed by atoms with Gasteiger partial charge in [-0.3, -0.25) is 9.59 Å².